The molecule has 2 aromatic rings. The highest BCUT2D eigenvalue weighted by Crippen LogP contribution is 2.49. The molecule has 2 bridgehead atoms. The van der Waals surface area contributed by atoms with Gasteiger partial charge in [-0.3, -0.25) is 4.79 Å². The summed E-state index contributed by atoms with van der Waals surface area (Å²) in [7, 11) is 0. The zero-order chi connectivity index (χ0) is 17.6. The van der Waals surface area contributed by atoms with Crippen LogP contribution >= 0.6 is 27.5 Å². The van der Waals surface area contributed by atoms with Crippen molar-refractivity contribution in [2.75, 3.05) is 6.54 Å². The molecule has 3 saturated carbocycles. The van der Waals surface area contributed by atoms with Crippen molar-refractivity contribution in [2.45, 2.75) is 52.0 Å². The maximum Gasteiger partial charge on any atom is 0.253 e. The van der Waals surface area contributed by atoms with Gasteiger partial charge in [0.05, 0.1) is 16.1 Å². The summed E-state index contributed by atoms with van der Waals surface area (Å²) in [5.74, 6) is 0.945. The summed E-state index contributed by atoms with van der Waals surface area (Å²) in [4.78, 5) is 12.9. The summed E-state index contributed by atoms with van der Waals surface area (Å²) >= 11 is 9.97. The van der Waals surface area contributed by atoms with E-state index in [-0.39, 0.29) is 5.91 Å². The highest BCUT2D eigenvalue weighted by Gasteiger charge is 2.40. The summed E-state index contributed by atoms with van der Waals surface area (Å²) in [6, 6.07) is 3.89. The molecule has 3 fully saturated rings. The fourth-order valence-corrected chi connectivity index (χ4v) is 5.64. The molecule has 1 N–H and O–H groups in total. The van der Waals surface area contributed by atoms with E-state index < -0.39 is 0 Å². The minimum Gasteiger partial charge on any atom is -0.351 e. The van der Waals surface area contributed by atoms with Gasteiger partial charge in [0.1, 0.15) is 0 Å². The Morgan fingerprint density at radius 3 is 2.64 bits per heavy atom. The fourth-order valence-electron chi connectivity index (χ4n) is 4.74. The van der Waals surface area contributed by atoms with Crippen LogP contribution < -0.4 is 5.32 Å². The number of fused-ring (bicyclic) bond motifs is 4. The first kappa shape index (κ1) is 17.4. The van der Waals surface area contributed by atoms with Gasteiger partial charge in [0.25, 0.3) is 5.91 Å². The van der Waals surface area contributed by atoms with E-state index >= 15 is 0 Å². The van der Waals surface area contributed by atoms with E-state index in [1.54, 1.807) is 0 Å². The second-order valence-corrected chi connectivity index (χ2v) is 9.10. The molecular formula is C20H24BrClN2O. The monoisotopic (exact) mass is 422 g/mol. The SMILES string of the molecule is CCn1cc(C(=O)NCC23CCC(CC2)CC3)c2c(Cl)cc(Br)cc21. The number of aromatic nitrogens is 1. The average Bonchev–Trinajstić information content (AvgIpc) is 3.00. The molecule has 1 amide bonds. The van der Waals surface area contributed by atoms with Gasteiger partial charge in [-0.1, -0.05) is 27.5 Å². The van der Waals surface area contributed by atoms with Crippen LogP contribution in [-0.2, 0) is 6.54 Å². The number of carbonyl (C=O) groups is 1. The summed E-state index contributed by atoms with van der Waals surface area (Å²) in [5.41, 5.74) is 2.03. The van der Waals surface area contributed by atoms with Crippen LogP contribution in [0.1, 0.15) is 55.8 Å². The maximum atomic E-state index is 12.9. The lowest BCUT2D eigenvalue weighted by atomic mass is 9.61. The third kappa shape index (κ3) is 3.12. The summed E-state index contributed by atoms with van der Waals surface area (Å²) in [5, 5.41) is 4.71. The van der Waals surface area contributed by atoms with Gasteiger partial charge in [0, 0.05) is 29.1 Å². The highest BCUT2D eigenvalue weighted by atomic mass is 79.9. The van der Waals surface area contributed by atoms with Crippen LogP contribution in [0.5, 0.6) is 0 Å². The zero-order valence-electron chi connectivity index (χ0n) is 14.6. The minimum absolute atomic E-state index is 0.00324. The van der Waals surface area contributed by atoms with Crippen LogP contribution in [0.3, 0.4) is 0 Å². The lowest BCUT2D eigenvalue weighted by Crippen LogP contribution is -2.43. The third-order valence-electron chi connectivity index (χ3n) is 6.36. The topological polar surface area (TPSA) is 34.0 Å². The van der Waals surface area contributed by atoms with E-state index in [0.717, 1.165) is 34.4 Å². The van der Waals surface area contributed by atoms with E-state index in [1.807, 2.05) is 18.3 Å². The number of nitrogens with one attached hydrogen (secondary N) is 1. The fraction of sp³-hybridized carbons (Fsp3) is 0.550. The van der Waals surface area contributed by atoms with E-state index in [4.69, 9.17) is 11.6 Å². The first-order chi connectivity index (χ1) is 12.0. The van der Waals surface area contributed by atoms with Crippen molar-refractivity contribution < 1.29 is 4.79 Å². The molecule has 1 aromatic heterocycles. The molecule has 3 aliphatic rings. The van der Waals surface area contributed by atoms with Gasteiger partial charge in [-0.05, 0) is 68.9 Å². The molecule has 0 radical (unpaired) electrons. The normalized spacial score (nSPS) is 25.5. The summed E-state index contributed by atoms with van der Waals surface area (Å²) in [6.45, 7) is 3.68. The second kappa shape index (κ2) is 6.62. The number of carbonyl (C=O) groups excluding carboxylic acids is 1. The van der Waals surface area contributed by atoms with Gasteiger partial charge >= 0.3 is 0 Å². The predicted molar refractivity (Wildman–Crippen MR) is 106 cm³/mol. The van der Waals surface area contributed by atoms with Crippen LogP contribution in [0.15, 0.2) is 22.8 Å². The largest absolute Gasteiger partial charge is 0.351 e. The molecule has 0 saturated heterocycles. The molecule has 5 rings (SSSR count). The third-order valence-corrected chi connectivity index (χ3v) is 7.11. The van der Waals surface area contributed by atoms with Gasteiger partial charge in [-0.25, -0.2) is 0 Å². The van der Waals surface area contributed by atoms with Crippen LogP contribution in [-0.4, -0.2) is 17.0 Å². The maximum absolute atomic E-state index is 12.9. The van der Waals surface area contributed by atoms with E-state index in [0.29, 0.717) is 16.0 Å². The van der Waals surface area contributed by atoms with Crippen molar-refractivity contribution in [3.05, 3.63) is 33.4 Å². The molecule has 1 heterocycles. The van der Waals surface area contributed by atoms with Gasteiger partial charge in [0.15, 0.2) is 0 Å². The number of aryl methyl sites for hydroxylation is 1. The lowest BCUT2D eigenvalue weighted by molar-refractivity contribution is 0.0598. The molecule has 1 aromatic carbocycles. The molecule has 0 spiro atoms. The number of hydrogen-bond donors (Lipinski definition) is 1. The second-order valence-electron chi connectivity index (χ2n) is 7.78. The van der Waals surface area contributed by atoms with Crippen molar-refractivity contribution >= 4 is 44.3 Å². The van der Waals surface area contributed by atoms with E-state index in [2.05, 4.69) is 32.7 Å². The van der Waals surface area contributed by atoms with E-state index in [1.165, 1.54) is 38.5 Å². The quantitative estimate of drug-likeness (QED) is 0.664. The van der Waals surface area contributed by atoms with Gasteiger partial charge < -0.3 is 9.88 Å². The van der Waals surface area contributed by atoms with Crippen LogP contribution in [0.25, 0.3) is 10.9 Å². The van der Waals surface area contributed by atoms with Crippen molar-refractivity contribution in [1.29, 1.82) is 0 Å². The van der Waals surface area contributed by atoms with Crippen molar-refractivity contribution in [1.82, 2.24) is 9.88 Å². The minimum atomic E-state index is 0.00324. The molecular weight excluding hydrogens is 400 g/mol. The van der Waals surface area contributed by atoms with Crippen LogP contribution in [0.4, 0.5) is 0 Å². The smallest absolute Gasteiger partial charge is 0.253 e. The first-order valence-electron chi connectivity index (χ1n) is 9.27. The van der Waals surface area contributed by atoms with E-state index in [9.17, 15) is 4.79 Å². The number of benzene rings is 1. The lowest BCUT2D eigenvalue weighted by Gasteiger charge is -2.46. The Bertz CT molecular complexity index is 807. The molecule has 3 nitrogen and oxygen atoms in total. The summed E-state index contributed by atoms with van der Waals surface area (Å²) in [6.07, 6.45) is 9.75. The Labute approximate surface area is 162 Å². The van der Waals surface area contributed by atoms with Crippen molar-refractivity contribution in [3.63, 3.8) is 0 Å². The van der Waals surface area contributed by atoms with Gasteiger partial charge in [-0.2, -0.15) is 0 Å². The highest BCUT2D eigenvalue weighted by molar-refractivity contribution is 9.10. The number of halogens is 2. The average molecular weight is 424 g/mol. The number of hydrogen-bond acceptors (Lipinski definition) is 1. The molecule has 5 heteroatoms. The van der Waals surface area contributed by atoms with Crippen molar-refractivity contribution in [2.24, 2.45) is 11.3 Å². The van der Waals surface area contributed by atoms with Crippen molar-refractivity contribution in [3.8, 4) is 0 Å². The molecule has 134 valence electrons. The number of nitrogens with zero attached hydrogens (tertiary/aromatic N) is 1. The Morgan fingerprint density at radius 2 is 2.00 bits per heavy atom. The Kier molecular flexibility index (Phi) is 4.61. The Morgan fingerprint density at radius 1 is 1.32 bits per heavy atom. The van der Waals surface area contributed by atoms with Crippen LogP contribution in [0, 0.1) is 11.3 Å². The van der Waals surface area contributed by atoms with Gasteiger partial charge in [0.2, 0.25) is 0 Å². The standard InChI is InChI=1S/C20H24BrClN2O/c1-2-24-11-15(18-16(22)9-14(21)10-17(18)24)19(25)23-12-20-6-3-13(4-7-20)5-8-20/h9-11,13H,2-8,12H2,1H3,(H,23,25). The molecule has 0 aliphatic heterocycles. The summed E-state index contributed by atoms with van der Waals surface area (Å²) < 4.78 is 3.02. The van der Waals surface area contributed by atoms with Gasteiger partial charge in [-0.15, -0.1) is 0 Å². The Hall–Kier alpha value is -1.000. The molecule has 3 aliphatic carbocycles. The Balaban J connectivity index is 1.60. The number of amides is 1. The zero-order valence-corrected chi connectivity index (χ0v) is 16.9. The molecule has 0 unspecified atom stereocenters. The van der Waals surface area contributed by atoms with Crippen LogP contribution in [0.2, 0.25) is 5.02 Å². The number of rotatable bonds is 4. The first-order valence-corrected chi connectivity index (χ1v) is 10.4. The predicted octanol–water partition coefficient (Wildman–Crippen LogP) is 5.78. The molecule has 25 heavy (non-hydrogen) atoms. The molecule has 0 atom stereocenters.